The summed E-state index contributed by atoms with van der Waals surface area (Å²) in [6.45, 7) is 3.18. The molecule has 1 saturated heterocycles. The Labute approximate surface area is 122 Å². The van der Waals surface area contributed by atoms with Crippen LogP contribution in [0.4, 0.5) is 5.69 Å². The molecule has 110 valence electrons. The number of nitrogens with zero attached hydrogens (tertiary/aromatic N) is 1. The fraction of sp³-hybridized carbons (Fsp3) is 0.647. The number of ether oxygens (including phenoxy) is 1. The van der Waals surface area contributed by atoms with Crippen molar-refractivity contribution in [2.45, 2.75) is 44.4 Å². The highest BCUT2D eigenvalue weighted by Crippen LogP contribution is 2.39. The summed E-state index contributed by atoms with van der Waals surface area (Å²) in [6, 6.07) is 9.77. The molecule has 3 unspecified atom stereocenters. The zero-order valence-electron chi connectivity index (χ0n) is 12.8. The standard InChI is InChI=1S/C17H26N2O/c1-12(13-6-8-15(9-7-13)19(2)3)18-16-10-11-20-17(16)14-4-5-14/h6-9,12,14,16-18H,4-5,10-11H2,1-3H3. The Morgan fingerprint density at radius 1 is 1.15 bits per heavy atom. The van der Waals surface area contributed by atoms with Crippen molar-refractivity contribution in [2.24, 2.45) is 5.92 Å². The normalized spacial score (nSPS) is 27.6. The van der Waals surface area contributed by atoms with Gasteiger partial charge in [-0.3, -0.25) is 0 Å². The quantitative estimate of drug-likeness (QED) is 0.893. The van der Waals surface area contributed by atoms with Gasteiger partial charge < -0.3 is 15.0 Å². The van der Waals surface area contributed by atoms with Crippen LogP contribution in [0.3, 0.4) is 0 Å². The van der Waals surface area contributed by atoms with Crippen LogP contribution in [0, 0.1) is 5.92 Å². The molecule has 0 aromatic heterocycles. The van der Waals surface area contributed by atoms with Gasteiger partial charge in [0.1, 0.15) is 0 Å². The SMILES string of the molecule is CC(NC1CCOC1C1CC1)c1ccc(N(C)C)cc1. The lowest BCUT2D eigenvalue weighted by atomic mass is 10.0. The molecule has 3 rings (SSSR count). The van der Waals surface area contributed by atoms with Gasteiger partial charge in [0.2, 0.25) is 0 Å². The van der Waals surface area contributed by atoms with Crippen molar-refractivity contribution in [3.8, 4) is 0 Å². The first-order valence-corrected chi connectivity index (χ1v) is 7.80. The maximum Gasteiger partial charge on any atom is 0.0757 e. The molecule has 2 aliphatic rings. The molecule has 1 saturated carbocycles. The number of hydrogen-bond acceptors (Lipinski definition) is 3. The van der Waals surface area contributed by atoms with Crippen LogP contribution in [-0.2, 0) is 4.74 Å². The topological polar surface area (TPSA) is 24.5 Å². The van der Waals surface area contributed by atoms with E-state index >= 15 is 0 Å². The van der Waals surface area contributed by atoms with Gasteiger partial charge in [-0.15, -0.1) is 0 Å². The smallest absolute Gasteiger partial charge is 0.0757 e. The average Bonchev–Trinajstić information content (AvgIpc) is 3.19. The summed E-state index contributed by atoms with van der Waals surface area (Å²) in [5.41, 5.74) is 2.61. The lowest BCUT2D eigenvalue weighted by molar-refractivity contribution is 0.0793. The number of rotatable bonds is 5. The second kappa shape index (κ2) is 5.74. The molecule has 0 amide bonds. The van der Waals surface area contributed by atoms with Gasteiger partial charge in [-0.2, -0.15) is 0 Å². The van der Waals surface area contributed by atoms with E-state index in [-0.39, 0.29) is 0 Å². The summed E-state index contributed by atoms with van der Waals surface area (Å²) in [6.07, 6.45) is 4.32. The first-order chi connectivity index (χ1) is 9.65. The van der Waals surface area contributed by atoms with Crippen LogP contribution in [0.15, 0.2) is 24.3 Å². The molecular formula is C17H26N2O. The van der Waals surface area contributed by atoms with Crippen LogP contribution in [0.25, 0.3) is 0 Å². The van der Waals surface area contributed by atoms with E-state index in [4.69, 9.17) is 4.74 Å². The van der Waals surface area contributed by atoms with E-state index < -0.39 is 0 Å². The molecule has 1 aliphatic carbocycles. The van der Waals surface area contributed by atoms with Crippen LogP contribution < -0.4 is 10.2 Å². The summed E-state index contributed by atoms with van der Waals surface area (Å²) < 4.78 is 5.91. The summed E-state index contributed by atoms with van der Waals surface area (Å²) in [7, 11) is 4.15. The monoisotopic (exact) mass is 274 g/mol. The third-order valence-electron chi connectivity index (χ3n) is 4.60. The van der Waals surface area contributed by atoms with Crippen molar-refractivity contribution in [1.29, 1.82) is 0 Å². The van der Waals surface area contributed by atoms with Crippen molar-refractivity contribution < 1.29 is 4.74 Å². The Hall–Kier alpha value is -1.06. The van der Waals surface area contributed by atoms with Gasteiger partial charge in [-0.05, 0) is 49.8 Å². The lowest BCUT2D eigenvalue weighted by Crippen LogP contribution is -2.39. The Morgan fingerprint density at radius 2 is 1.85 bits per heavy atom. The van der Waals surface area contributed by atoms with E-state index in [1.54, 1.807) is 0 Å². The van der Waals surface area contributed by atoms with Crippen molar-refractivity contribution in [3.05, 3.63) is 29.8 Å². The van der Waals surface area contributed by atoms with Crippen LogP contribution in [-0.4, -0.2) is 32.8 Å². The van der Waals surface area contributed by atoms with Crippen molar-refractivity contribution in [1.82, 2.24) is 5.32 Å². The summed E-state index contributed by atoms with van der Waals surface area (Å²) in [5, 5.41) is 3.78. The van der Waals surface area contributed by atoms with Crippen LogP contribution >= 0.6 is 0 Å². The molecule has 3 heteroatoms. The van der Waals surface area contributed by atoms with Gasteiger partial charge in [-0.25, -0.2) is 0 Å². The third kappa shape index (κ3) is 2.99. The van der Waals surface area contributed by atoms with Crippen molar-refractivity contribution >= 4 is 5.69 Å². The maximum absolute atomic E-state index is 5.91. The number of hydrogen-bond donors (Lipinski definition) is 1. The fourth-order valence-corrected chi connectivity index (χ4v) is 3.16. The Kier molecular flexibility index (Phi) is 3.99. The van der Waals surface area contributed by atoms with Gasteiger partial charge in [-0.1, -0.05) is 12.1 Å². The average molecular weight is 274 g/mol. The molecule has 0 radical (unpaired) electrons. The summed E-state index contributed by atoms with van der Waals surface area (Å²) in [4.78, 5) is 2.13. The van der Waals surface area contributed by atoms with Crippen molar-refractivity contribution in [2.75, 3.05) is 25.6 Å². The summed E-state index contributed by atoms with van der Waals surface area (Å²) >= 11 is 0. The fourth-order valence-electron chi connectivity index (χ4n) is 3.16. The molecular weight excluding hydrogens is 248 g/mol. The predicted octanol–water partition coefficient (Wildman–Crippen LogP) is 2.97. The van der Waals surface area contributed by atoms with Crippen LogP contribution in [0.2, 0.25) is 0 Å². The molecule has 1 aromatic carbocycles. The van der Waals surface area contributed by atoms with E-state index in [1.807, 2.05) is 0 Å². The molecule has 1 N–H and O–H groups in total. The second-order valence-electron chi connectivity index (χ2n) is 6.44. The summed E-state index contributed by atoms with van der Waals surface area (Å²) in [5.74, 6) is 0.818. The van der Waals surface area contributed by atoms with Gasteiger partial charge in [0.25, 0.3) is 0 Å². The molecule has 2 fully saturated rings. The van der Waals surface area contributed by atoms with Crippen LogP contribution in [0.5, 0.6) is 0 Å². The molecule has 1 aromatic rings. The van der Waals surface area contributed by atoms with Gasteiger partial charge >= 0.3 is 0 Å². The zero-order chi connectivity index (χ0) is 14.1. The highest BCUT2D eigenvalue weighted by Gasteiger charge is 2.40. The number of anilines is 1. The van der Waals surface area contributed by atoms with E-state index in [9.17, 15) is 0 Å². The van der Waals surface area contributed by atoms with Crippen molar-refractivity contribution in [3.63, 3.8) is 0 Å². The van der Waals surface area contributed by atoms with E-state index in [0.717, 1.165) is 18.9 Å². The molecule has 0 spiro atoms. The number of benzene rings is 1. The number of nitrogens with one attached hydrogen (secondary N) is 1. The first kappa shape index (κ1) is 13.9. The van der Waals surface area contributed by atoms with E-state index in [1.165, 1.54) is 24.1 Å². The Bertz CT molecular complexity index is 439. The van der Waals surface area contributed by atoms with E-state index in [2.05, 4.69) is 55.5 Å². The Balaban J connectivity index is 1.61. The minimum absolute atomic E-state index is 0.388. The highest BCUT2D eigenvalue weighted by atomic mass is 16.5. The molecule has 20 heavy (non-hydrogen) atoms. The Morgan fingerprint density at radius 3 is 2.45 bits per heavy atom. The first-order valence-electron chi connectivity index (χ1n) is 7.80. The van der Waals surface area contributed by atoms with Crippen LogP contribution in [0.1, 0.15) is 37.8 Å². The lowest BCUT2D eigenvalue weighted by Gasteiger charge is -2.24. The van der Waals surface area contributed by atoms with E-state index in [0.29, 0.717) is 18.2 Å². The van der Waals surface area contributed by atoms with Gasteiger partial charge in [0.15, 0.2) is 0 Å². The zero-order valence-corrected chi connectivity index (χ0v) is 12.8. The molecule has 3 nitrogen and oxygen atoms in total. The third-order valence-corrected chi connectivity index (χ3v) is 4.60. The minimum atomic E-state index is 0.388. The maximum atomic E-state index is 5.91. The predicted molar refractivity (Wildman–Crippen MR) is 83.2 cm³/mol. The second-order valence-corrected chi connectivity index (χ2v) is 6.44. The van der Waals surface area contributed by atoms with Gasteiger partial charge in [0.05, 0.1) is 6.10 Å². The highest BCUT2D eigenvalue weighted by molar-refractivity contribution is 5.46. The largest absolute Gasteiger partial charge is 0.378 e. The minimum Gasteiger partial charge on any atom is -0.378 e. The molecule has 1 aliphatic heterocycles. The molecule has 0 bridgehead atoms. The van der Waals surface area contributed by atoms with Gasteiger partial charge in [0, 0.05) is 38.5 Å². The molecule has 3 atom stereocenters. The molecule has 1 heterocycles.